The molecule has 4 aromatic rings. The van der Waals surface area contributed by atoms with Gasteiger partial charge in [-0.25, -0.2) is 4.99 Å². The highest BCUT2D eigenvalue weighted by Gasteiger charge is 2.37. The molecule has 1 aliphatic rings. The number of amidine groups is 1. The van der Waals surface area contributed by atoms with Gasteiger partial charge in [0.25, 0.3) is 5.91 Å². The van der Waals surface area contributed by atoms with Crippen LogP contribution in [0.3, 0.4) is 0 Å². The minimum Gasteiger partial charge on any atom is -0.279 e. The largest absolute Gasteiger partial charge is 0.279 e. The van der Waals surface area contributed by atoms with Crippen molar-refractivity contribution in [2.45, 2.75) is 13.0 Å². The molecule has 5 rings (SSSR count). The lowest BCUT2D eigenvalue weighted by molar-refractivity contribution is -0.123. The number of benzene rings is 4. The Labute approximate surface area is 192 Å². The summed E-state index contributed by atoms with van der Waals surface area (Å²) in [6.07, 6.45) is 1.99. The minimum atomic E-state index is -0.128. The molecule has 0 aromatic heterocycles. The summed E-state index contributed by atoms with van der Waals surface area (Å²) in [4.78, 5) is 20.9. The third-order valence-electron chi connectivity index (χ3n) is 5.60. The van der Waals surface area contributed by atoms with Gasteiger partial charge in [-0.05, 0) is 58.8 Å². The van der Waals surface area contributed by atoms with Crippen molar-refractivity contribution in [3.63, 3.8) is 0 Å². The number of aliphatic imine (C=N–C) groups is 1. The molecule has 0 spiro atoms. The third-order valence-corrected chi connectivity index (χ3v) is 6.58. The lowest BCUT2D eigenvalue weighted by Crippen LogP contribution is -2.32. The summed E-state index contributed by atoms with van der Waals surface area (Å²) in [5, 5.41) is 2.99. The molecular weight excluding hydrogens is 412 g/mol. The Morgan fingerprint density at radius 1 is 0.812 bits per heavy atom. The second kappa shape index (κ2) is 8.85. The van der Waals surface area contributed by atoms with Gasteiger partial charge in [-0.2, -0.15) is 0 Å². The maximum atomic E-state index is 13.6. The van der Waals surface area contributed by atoms with Crippen molar-refractivity contribution < 1.29 is 4.79 Å². The highest BCUT2D eigenvalue weighted by atomic mass is 32.2. The van der Waals surface area contributed by atoms with Crippen LogP contribution in [0.2, 0.25) is 0 Å². The number of fused-ring (bicyclic) bond motifs is 1. The Morgan fingerprint density at radius 2 is 1.47 bits per heavy atom. The van der Waals surface area contributed by atoms with E-state index in [9.17, 15) is 4.79 Å². The second-order valence-electron chi connectivity index (χ2n) is 7.67. The van der Waals surface area contributed by atoms with Crippen LogP contribution in [0.5, 0.6) is 0 Å². The second-order valence-corrected chi connectivity index (χ2v) is 8.68. The van der Waals surface area contributed by atoms with E-state index in [4.69, 9.17) is 4.99 Å². The Hall–Kier alpha value is -3.63. The number of hydrogen-bond acceptors (Lipinski definition) is 3. The average Bonchev–Trinajstić information content (AvgIpc) is 3.14. The van der Waals surface area contributed by atoms with E-state index in [1.54, 1.807) is 0 Å². The molecule has 1 fully saturated rings. The van der Waals surface area contributed by atoms with Crippen LogP contribution in [0.4, 0.5) is 5.69 Å². The molecular formula is C28H22N2OS. The standard InChI is InChI=1S/C28H22N2OS/c1-20(21-11-4-2-5-12-21)30-27(31)26(32-28(30)29-24-16-6-3-7-17-24)19-23-15-10-14-22-13-8-9-18-25(22)23/h2-20H,1H3/b26-19+,29-28?/t20-/m0/s1. The van der Waals surface area contributed by atoms with Crippen molar-refractivity contribution in [2.24, 2.45) is 4.99 Å². The molecule has 1 heterocycles. The SMILES string of the molecule is C[C@@H](c1ccccc1)N1C(=O)/C(=C\c2cccc3ccccc23)SC1=Nc1ccccc1. The summed E-state index contributed by atoms with van der Waals surface area (Å²) in [5.74, 6) is -0.0195. The Morgan fingerprint density at radius 3 is 2.25 bits per heavy atom. The lowest BCUT2D eigenvalue weighted by Gasteiger charge is -2.24. The van der Waals surface area contributed by atoms with Crippen LogP contribution in [0.15, 0.2) is 113 Å². The van der Waals surface area contributed by atoms with Gasteiger partial charge in [0, 0.05) is 0 Å². The maximum absolute atomic E-state index is 13.6. The first-order valence-electron chi connectivity index (χ1n) is 10.6. The van der Waals surface area contributed by atoms with Gasteiger partial charge in [0.2, 0.25) is 0 Å². The molecule has 4 aromatic carbocycles. The van der Waals surface area contributed by atoms with Crippen LogP contribution in [0, 0.1) is 0 Å². The number of rotatable bonds is 4. The quantitative estimate of drug-likeness (QED) is 0.318. The number of carbonyl (C=O) groups is 1. The smallest absolute Gasteiger partial charge is 0.267 e. The van der Waals surface area contributed by atoms with Crippen LogP contribution < -0.4 is 0 Å². The molecule has 0 saturated carbocycles. The molecule has 0 aliphatic carbocycles. The van der Waals surface area contributed by atoms with Crippen LogP contribution in [0.25, 0.3) is 16.8 Å². The molecule has 1 saturated heterocycles. The molecule has 32 heavy (non-hydrogen) atoms. The van der Waals surface area contributed by atoms with Gasteiger partial charge in [-0.1, -0.05) is 91.0 Å². The predicted molar refractivity (Wildman–Crippen MR) is 135 cm³/mol. The minimum absolute atomic E-state index is 0.0195. The number of para-hydroxylation sites is 1. The summed E-state index contributed by atoms with van der Waals surface area (Å²) in [7, 11) is 0. The maximum Gasteiger partial charge on any atom is 0.267 e. The molecule has 0 bridgehead atoms. The molecule has 156 valence electrons. The van der Waals surface area contributed by atoms with E-state index < -0.39 is 0 Å². The first kappa shape index (κ1) is 20.3. The molecule has 0 N–H and O–H groups in total. The van der Waals surface area contributed by atoms with Crippen molar-refractivity contribution in [2.75, 3.05) is 0 Å². The number of amides is 1. The fraction of sp³-hybridized carbons (Fsp3) is 0.0714. The molecule has 0 unspecified atom stereocenters. The summed E-state index contributed by atoms with van der Waals surface area (Å²) in [6.45, 7) is 2.05. The molecule has 1 atom stereocenters. The Balaban J connectivity index is 1.59. The number of thioether (sulfide) groups is 1. The highest BCUT2D eigenvalue weighted by Crippen LogP contribution is 2.39. The van der Waals surface area contributed by atoms with Gasteiger partial charge >= 0.3 is 0 Å². The number of hydrogen-bond donors (Lipinski definition) is 0. The van der Waals surface area contributed by atoms with Gasteiger partial charge in [0.05, 0.1) is 16.6 Å². The zero-order valence-corrected chi connectivity index (χ0v) is 18.5. The zero-order valence-electron chi connectivity index (χ0n) is 17.7. The van der Waals surface area contributed by atoms with Crippen LogP contribution >= 0.6 is 11.8 Å². The normalized spacial score (nSPS) is 17.4. The molecule has 0 radical (unpaired) electrons. The molecule has 1 amide bonds. The molecule has 3 nitrogen and oxygen atoms in total. The van der Waals surface area contributed by atoms with Gasteiger partial charge < -0.3 is 0 Å². The lowest BCUT2D eigenvalue weighted by atomic mass is 10.0. The van der Waals surface area contributed by atoms with Crippen molar-refractivity contribution in [1.82, 2.24) is 4.90 Å². The number of nitrogens with zero attached hydrogens (tertiary/aromatic N) is 2. The van der Waals surface area contributed by atoms with Gasteiger partial charge in [0.1, 0.15) is 0 Å². The fourth-order valence-electron chi connectivity index (χ4n) is 3.92. The summed E-state index contributed by atoms with van der Waals surface area (Å²) in [6, 6.07) is 34.2. The van der Waals surface area contributed by atoms with Crippen molar-refractivity contribution in [3.8, 4) is 0 Å². The Kier molecular flexibility index (Phi) is 5.61. The summed E-state index contributed by atoms with van der Waals surface area (Å²) in [5.41, 5.74) is 2.94. The van der Waals surface area contributed by atoms with Gasteiger partial charge in [-0.3, -0.25) is 9.69 Å². The number of carbonyl (C=O) groups excluding carboxylic acids is 1. The summed E-state index contributed by atoms with van der Waals surface area (Å²) < 4.78 is 0. The van der Waals surface area contributed by atoms with Crippen LogP contribution in [0.1, 0.15) is 24.1 Å². The molecule has 1 aliphatic heterocycles. The van der Waals surface area contributed by atoms with E-state index in [0.717, 1.165) is 27.6 Å². The fourth-order valence-corrected chi connectivity index (χ4v) is 4.98. The summed E-state index contributed by atoms with van der Waals surface area (Å²) >= 11 is 1.44. The predicted octanol–water partition coefficient (Wildman–Crippen LogP) is 7.21. The topological polar surface area (TPSA) is 32.7 Å². The van der Waals surface area contributed by atoms with E-state index >= 15 is 0 Å². The van der Waals surface area contributed by atoms with Crippen molar-refractivity contribution in [1.29, 1.82) is 0 Å². The van der Waals surface area contributed by atoms with E-state index in [1.165, 1.54) is 11.8 Å². The average molecular weight is 435 g/mol. The van der Waals surface area contributed by atoms with Crippen molar-refractivity contribution in [3.05, 3.63) is 119 Å². The first-order chi connectivity index (χ1) is 15.7. The third kappa shape index (κ3) is 3.97. The van der Waals surface area contributed by atoms with Gasteiger partial charge in [0.15, 0.2) is 5.17 Å². The van der Waals surface area contributed by atoms with E-state index in [1.807, 2.05) is 77.7 Å². The van der Waals surface area contributed by atoms with Gasteiger partial charge in [-0.15, -0.1) is 0 Å². The first-order valence-corrected chi connectivity index (χ1v) is 11.4. The Bertz CT molecular complexity index is 1320. The highest BCUT2D eigenvalue weighted by molar-refractivity contribution is 8.18. The van der Waals surface area contributed by atoms with E-state index in [-0.39, 0.29) is 11.9 Å². The monoisotopic (exact) mass is 434 g/mol. The van der Waals surface area contributed by atoms with Crippen molar-refractivity contribution >= 4 is 45.4 Å². The van der Waals surface area contributed by atoms with Crippen LogP contribution in [-0.4, -0.2) is 16.0 Å². The van der Waals surface area contributed by atoms with E-state index in [0.29, 0.717) is 10.1 Å². The molecule has 4 heteroatoms. The van der Waals surface area contributed by atoms with E-state index in [2.05, 4.69) is 43.3 Å². The zero-order chi connectivity index (χ0) is 21.9. The van der Waals surface area contributed by atoms with Crippen LogP contribution in [-0.2, 0) is 4.79 Å².